The summed E-state index contributed by atoms with van der Waals surface area (Å²) in [7, 11) is 1.79. The van der Waals surface area contributed by atoms with E-state index in [0.29, 0.717) is 6.42 Å². The third-order valence-electron chi connectivity index (χ3n) is 3.33. The van der Waals surface area contributed by atoms with Crippen molar-refractivity contribution in [2.75, 3.05) is 17.7 Å². The summed E-state index contributed by atoms with van der Waals surface area (Å²) < 4.78 is 4.90. The molecule has 0 radical (unpaired) electrons. The fourth-order valence-corrected chi connectivity index (χ4v) is 2.39. The number of carbonyl (C=O) groups excluding carboxylic acids is 1. The van der Waals surface area contributed by atoms with Crippen LogP contribution in [0.5, 0.6) is 0 Å². The van der Waals surface area contributed by atoms with Crippen LogP contribution in [0.15, 0.2) is 28.9 Å². The zero-order valence-corrected chi connectivity index (χ0v) is 10.0. The van der Waals surface area contributed by atoms with Crippen LogP contribution in [0.25, 0.3) is 11.1 Å². The van der Waals surface area contributed by atoms with Crippen LogP contribution in [0, 0.1) is 0 Å². The van der Waals surface area contributed by atoms with Gasteiger partial charge in [-0.25, -0.2) is 0 Å². The summed E-state index contributed by atoms with van der Waals surface area (Å²) in [5.74, 6) is 0.389. The lowest BCUT2D eigenvalue weighted by molar-refractivity contribution is -0.118. The molecule has 0 spiro atoms. The molecule has 1 aromatic heterocycles. The number of para-hydroxylation sites is 1. The summed E-state index contributed by atoms with van der Waals surface area (Å²) in [4.78, 5) is 13.5. The van der Waals surface area contributed by atoms with E-state index in [-0.39, 0.29) is 11.8 Å². The standard InChI is InChI=1S/C13H13N3O2/c1-16-11(17)6-5-8-3-2-4-9(12(8)16)10-7-15-18-13(10)14/h2-4,7H,5-6,14H2,1H3. The predicted molar refractivity (Wildman–Crippen MR) is 68.1 cm³/mol. The summed E-state index contributed by atoms with van der Waals surface area (Å²) in [5.41, 5.74) is 9.43. The largest absolute Gasteiger partial charge is 0.367 e. The molecule has 2 N–H and O–H groups in total. The van der Waals surface area contributed by atoms with E-state index in [1.807, 2.05) is 18.2 Å². The first-order chi connectivity index (χ1) is 8.68. The molecule has 92 valence electrons. The van der Waals surface area contributed by atoms with Crippen molar-refractivity contribution in [3.05, 3.63) is 30.0 Å². The molecule has 1 aliphatic rings. The van der Waals surface area contributed by atoms with Crippen molar-refractivity contribution in [3.63, 3.8) is 0 Å². The van der Waals surface area contributed by atoms with Gasteiger partial charge in [-0.15, -0.1) is 0 Å². The second kappa shape index (κ2) is 3.87. The lowest BCUT2D eigenvalue weighted by Crippen LogP contribution is -2.31. The van der Waals surface area contributed by atoms with Crippen molar-refractivity contribution in [2.24, 2.45) is 0 Å². The van der Waals surface area contributed by atoms with Gasteiger partial charge in [0.15, 0.2) is 0 Å². The van der Waals surface area contributed by atoms with Crippen LogP contribution >= 0.6 is 0 Å². The molecule has 3 rings (SSSR count). The van der Waals surface area contributed by atoms with E-state index in [1.54, 1.807) is 18.1 Å². The molecule has 2 aromatic rings. The van der Waals surface area contributed by atoms with Gasteiger partial charge in [-0.1, -0.05) is 23.4 Å². The van der Waals surface area contributed by atoms with E-state index < -0.39 is 0 Å². The number of fused-ring (bicyclic) bond motifs is 1. The quantitative estimate of drug-likeness (QED) is 0.829. The molecule has 1 amide bonds. The number of nitrogen functional groups attached to an aromatic ring is 1. The maximum absolute atomic E-state index is 11.8. The number of aryl methyl sites for hydroxylation is 1. The van der Waals surface area contributed by atoms with Gasteiger partial charge in [0.05, 0.1) is 17.4 Å². The lowest BCUT2D eigenvalue weighted by atomic mass is 9.95. The van der Waals surface area contributed by atoms with Gasteiger partial charge < -0.3 is 15.2 Å². The Balaban J connectivity index is 2.23. The Morgan fingerprint density at radius 2 is 2.17 bits per heavy atom. The normalized spacial score (nSPS) is 14.7. The molecule has 1 aromatic carbocycles. The maximum Gasteiger partial charge on any atom is 0.230 e. The zero-order chi connectivity index (χ0) is 12.7. The van der Waals surface area contributed by atoms with E-state index in [4.69, 9.17) is 10.3 Å². The second-order valence-electron chi connectivity index (χ2n) is 4.37. The van der Waals surface area contributed by atoms with E-state index in [9.17, 15) is 4.79 Å². The highest BCUT2D eigenvalue weighted by atomic mass is 16.5. The minimum atomic E-state index is 0.116. The first-order valence-electron chi connectivity index (χ1n) is 5.77. The molecule has 18 heavy (non-hydrogen) atoms. The van der Waals surface area contributed by atoms with Crippen molar-refractivity contribution >= 4 is 17.5 Å². The SMILES string of the molecule is CN1C(=O)CCc2cccc(-c3cnoc3N)c21. The van der Waals surface area contributed by atoms with Crippen LogP contribution in [-0.4, -0.2) is 18.1 Å². The molecule has 0 aliphatic carbocycles. The number of rotatable bonds is 1. The molecular weight excluding hydrogens is 230 g/mol. The number of hydrogen-bond acceptors (Lipinski definition) is 4. The van der Waals surface area contributed by atoms with Gasteiger partial charge in [0.1, 0.15) is 0 Å². The van der Waals surface area contributed by atoms with Gasteiger partial charge in [-0.05, 0) is 12.0 Å². The topological polar surface area (TPSA) is 72.4 Å². The summed E-state index contributed by atoms with van der Waals surface area (Å²) in [6.45, 7) is 0. The number of amides is 1. The van der Waals surface area contributed by atoms with Crippen LogP contribution in [0.2, 0.25) is 0 Å². The molecule has 0 saturated heterocycles. The molecule has 5 heteroatoms. The fourth-order valence-electron chi connectivity index (χ4n) is 2.39. The Morgan fingerprint density at radius 1 is 1.33 bits per heavy atom. The first-order valence-corrected chi connectivity index (χ1v) is 5.77. The van der Waals surface area contributed by atoms with E-state index in [0.717, 1.165) is 28.8 Å². The number of nitrogens with zero attached hydrogens (tertiary/aromatic N) is 2. The number of carbonyl (C=O) groups is 1. The number of benzene rings is 1. The Labute approximate surface area is 104 Å². The number of nitrogens with two attached hydrogens (primary N) is 1. The van der Waals surface area contributed by atoms with Gasteiger partial charge in [-0.3, -0.25) is 4.79 Å². The van der Waals surface area contributed by atoms with Crippen LogP contribution in [0.1, 0.15) is 12.0 Å². The van der Waals surface area contributed by atoms with Crippen molar-refractivity contribution < 1.29 is 9.32 Å². The molecule has 0 atom stereocenters. The van der Waals surface area contributed by atoms with Gasteiger partial charge in [0, 0.05) is 19.0 Å². The van der Waals surface area contributed by atoms with E-state index >= 15 is 0 Å². The predicted octanol–water partition coefficient (Wildman–Crippen LogP) is 1.83. The molecule has 0 bridgehead atoms. The fraction of sp³-hybridized carbons (Fsp3) is 0.231. The van der Waals surface area contributed by atoms with Crippen LogP contribution < -0.4 is 10.6 Å². The Kier molecular flexibility index (Phi) is 2.33. The van der Waals surface area contributed by atoms with Gasteiger partial charge >= 0.3 is 0 Å². The molecular formula is C13H13N3O2. The number of hydrogen-bond donors (Lipinski definition) is 1. The molecule has 5 nitrogen and oxygen atoms in total. The molecule has 0 fully saturated rings. The average Bonchev–Trinajstić information content (AvgIpc) is 2.79. The highest BCUT2D eigenvalue weighted by Crippen LogP contribution is 2.38. The van der Waals surface area contributed by atoms with Crippen molar-refractivity contribution in [1.29, 1.82) is 0 Å². The highest BCUT2D eigenvalue weighted by molar-refractivity contribution is 6.01. The third-order valence-corrected chi connectivity index (χ3v) is 3.33. The first kappa shape index (κ1) is 10.8. The summed E-state index contributed by atoms with van der Waals surface area (Å²) in [6, 6.07) is 5.92. The average molecular weight is 243 g/mol. The van der Waals surface area contributed by atoms with Gasteiger partial charge in [0.2, 0.25) is 11.8 Å². The maximum atomic E-state index is 11.8. The Hall–Kier alpha value is -2.30. The summed E-state index contributed by atoms with van der Waals surface area (Å²) in [6.07, 6.45) is 2.89. The third kappa shape index (κ3) is 1.48. The minimum absolute atomic E-state index is 0.116. The van der Waals surface area contributed by atoms with Crippen molar-refractivity contribution in [3.8, 4) is 11.1 Å². The Bertz CT molecular complexity index is 618. The van der Waals surface area contributed by atoms with Crippen molar-refractivity contribution in [2.45, 2.75) is 12.8 Å². The van der Waals surface area contributed by atoms with Crippen LogP contribution in [0.3, 0.4) is 0 Å². The van der Waals surface area contributed by atoms with E-state index in [2.05, 4.69) is 5.16 Å². The summed E-state index contributed by atoms with van der Waals surface area (Å²) >= 11 is 0. The zero-order valence-electron chi connectivity index (χ0n) is 10.0. The molecule has 0 saturated carbocycles. The smallest absolute Gasteiger partial charge is 0.230 e. The molecule has 0 unspecified atom stereocenters. The van der Waals surface area contributed by atoms with Crippen molar-refractivity contribution in [1.82, 2.24) is 5.16 Å². The number of aromatic nitrogens is 1. The highest BCUT2D eigenvalue weighted by Gasteiger charge is 2.25. The van der Waals surface area contributed by atoms with Crippen LogP contribution in [-0.2, 0) is 11.2 Å². The van der Waals surface area contributed by atoms with E-state index in [1.165, 1.54) is 0 Å². The van der Waals surface area contributed by atoms with Gasteiger partial charge in [0.25, 0.3) is 0 Å². The van der Waals surface area contributed by atoms with Gasteiger partial charge in [-0.2, -0.15) is 0 Å². The van der Waals surface area contributed by atoms with Crippen LogP contribution in [0.4, 0.5) is 11.6 Å². The minimum Gasteiger partial charge on any atom is -0.367 e. The lowest BCUT2D eigenvalue weighted by Gasteiger charge is -2.28. The molecule has 1 aliphatic heterocycles. The summed E-state index contributed by atoms with van der Waals surface area (Å²) in [5, 5.41) is 3.69. The second-order valence-corrected chi connectivity index (χ2v) is 4.37. The number of anilines is 2. The Morgan fingerprint density at radius 3 is 2.89 bits per heavy atom. The molecule has 2 heterocycles. The monoisotopic (exact) mass is 243 g/mol.